The lowest BCUT2D eigenvalue weighted by molar-refractivity contribution is -0.305. The molecule has 0 aliphatic rings. The summed E-state index contributed by atoms with van der Waals surface area (Å²) in [5.74, 6) is -1.96. The van der Waals surface area contributed by atoms with Gasteiger partial charge in [0.1, 0.15) is 25.6 Å². The molecule has 0 fully saturated rings. The fraction of sp³-hybridized carbons (Fsp3) is 0.828. The highest BCUT2D eigenvalue weighted by atomic mass is 16.6. The number of hydrogen-bond acceptors (Lipinski definition) is 12. The summed E-state index contributed by atoms with van der Waals surface area (Å²) >= 11 is 0. The summed E-state index contributed by atoms with van der Waals surface area (Å²) in [6.45, 7) is 11.4. The number of carboxylic acids is 1. The molecule has 0 atom stereocenters. The molecule has 0 aromatic carbocycles. The number of carbonyl (C=O) groups excluding carboxylic acids is 5. The molecule has 14 nitrogen and oxygen atoms in total. The van der Waals surface area contributed by atoms with Crippen LogP contribution in [0, 0.1) is 0 Å². The van der Waals surface area contributed by atoms with Gasteiger partial charge in [-0.1, -0.05) is 13.3 Å². The number of nitrogens with one attached hydrogen (secondary N) is 2. The molecule has 0 spiro atoms. The number of hydrogen-bond donors (Lipinski definition) is 2. The van der Waals surface area contributed by atoms with Crippen LogP contribution in [0.15, 0.2) is 0 Å². The second-order valence-corrected chi connectivity index (χ2v) is 9.01. The number of Topliss-reactive ketones (excluding diaryl/α,β-unsaturated/α-hetero) is 1. The predicted octanol–water partition coefficient (Wildman–Crippen LogP) is 1.07. The first-order valence-corrected chi connectivity index (χ1v) is 14.1. The predicted molar refractivity (Wildman–Crippen MR) is 161 cm³/mol. The van der Waals surface area contributed by atoms with Crippen LogP contribution in [0.2, 0.25) is 0 Å². The first-order valence-electron chi connectivity index (χ1n) is 14.1. The van der Waals surface area contributed by atoms with Crippen molar-refractivity contribution in [1.82, 2.24) is 10.6 Å². The number of amides is 2. The minimum atomic E-state index is -1.22. The standard InChI is InChI=1S/C10H17NO5.C7H15NO2.C4H8O3.2C4H10O/c1-16-7-9(13)11-6-2-3-8(12)4-5-10(14)15;1-3-4-5-8-7(9)6-10-2;1-6-3-4(5)7-2;2*1-4(2)5-3/h2-7H2,1H3,(H,11,13)(H,14,15);3-6H2,1-2H3,(H,8,9);3H2,1-2H3;2*4H,1-3H3/p-1. The van der Waals surface area contributed by atoms with E-state index in [0.717, 1.165) is 19.4 Å². The Hall–Kier alpha value is -2.65. The molecule has 14 heteroatoms. The van der Waals surface area contributed by atoms with Gasteiger partial charge in [-0.3, -0.25) is 14.4 Å². The van der Waals surface area contributed by atoms with Gasteiger partial charge in [0, 0.05) is 67.4 Å². The zero-order valence-electron chi connectivity index (χ0n) is 28.3. The van der Waals surface area contributed by atoms with Crippen molar-refractivity contribution in [3.8, 4) is 0 Å². The normalized spacial score (nSPS) is 9.42. The first kappa shape index (κ1) is 50.0. The van der Waals surface area contributed by atoms with E-state index < -0.39 is 5.97 Å². The Morgan fingerprint density at radius 1 is 0.628 bits per heavy atom. The Morgan fingerprint density at radius 3 is 1.30 bits per heavy atom. The Bertz CT molecular complexity index is 651. The van der Waals surface area contributed by atoms with Gasteiger partial charge >= 0.3 is 5.97 Å². The van der Waals surface area contributed by atoms with Crippen LogP contribution in [0.25, 0.3) is 0 Å². The van der Waals surface area contributed by atoms with Crippen LogP contribution in [0.4, 0.5) is 0 Å². The smallest absolute Gasteiger partial charge is 0.331 e. The Balaban J connectivity index is -0.000000153. The molecule has 2 N–H and O–H groups in total. The fourth-order valence-electron chi connectivity index (χ4n) is 1.83. The molecule has 0 heterocycles. The number of aliphatic carboxylic acids is 1. The summed E-state index contributed by atoms with van der Waals surface area (Å²) in [6.07, 6.45) is 3.43. The third kappa shape index (κ3) is 63.7. The Labute approximate surface area is 258 Å². The van der Waals surface area contributed by atoms with Gasteiger partial charge in [-0.15, -0.1) is 0 Å². The van der Waals surface area contributed by atoms with Gasteiger partial charge in [0.2, 0.25) is 11.8 Å². The third-order valence-electron chi connectivity index (χ3n) is 4.40. The summed E-state index contributed by atoms with van der Waals surface area (Å²) in [6, 6.07) is 0. The van der Waals surface area contributed by atoms with E-state index in [1.165, 1.54) is 28.4 Å². The van der Waals surface area contributed by atoms with E-state index in [1.54, 1.807) is 14.2 Å². The van der Waals surface area contributed by atoms with Crippen molar-refractivity contribution >= 4 is 29.5 Å². The average Bonchev–Trinajstić information content (AvgIpc) is 2.96. The van der Waals surface area contributed by atoms with Crippen LogP contribution in [0.1, 0.15) is 73.1 Å². The number of esters is 1. The van der Waals surface area contributed by atoms with E-state index in [-0.39, 0.29) is 62.7 Å². The van der Waals surface area contributed by atoms with Crippen LogP contribution in [0.5, 0.6) is 0 Å². The van der Waals surface area contributed by atoms with Crippen molar-refractivity contribution in [2.45, 2.75) is 85.4 Å². The number of unbranched alkanes of at least 4 members (excludes halogenated alkanes) is 1. The lowest BCUT2D eigenvalue weighted by Crippen LogP contribution is -2.28. The van der Waals surface area contributed by atoms with E-state index >= 15 is 0 Å². The number of carboxylic acid groups (broad SMARTS) is 1. The molecular weight excluding hydrogens is 568 g/mol. The molecular formula is C29H59N2O12-. The second kappa shape index (κ2) is 41.5. The highest BCUT2D eigenvalue weighted by molar-refractivity contribution is 5.82. The number of methoxy groups -OCH3 is 6. The SMILES string of the molecule is CCCCNC(=O)COC.COC(C)C.COC(C)C.COCC(=O)NCCCC(=O)CCC(=O)[O-].COCC(=O)OC. The van der Waals surface area contributed by atoms with Gasteiger partial charge < -0.3 is 49.0 Å². The molecule has 0 saturated heterocycles. The fourth-order valence-corrected chi connectivity index (χ4v) is 1.83. The lowest BCUT2D eigenvalue weighted by atomic mass is 10.1. The lowest BCUT2D eigenvalue weighted by Gasteiger charge is -2.04. The van der Waals surface area contributed by atoms with E-state index in [9.17, 15) is 29.1 Å². The quantitative estimate of drug-likeness (QED) is 0.163. The van der Waals surface area contributed by atoms with E-state index in [1.807, 2.05) is 27.7 Å². The summed E-state index contributed by atoms with van der Waals surface area (Å²) < 4.78 is 27.4. The minimum absolute atomic E-state index is 0.00136. The molecule has 0 aliphatic heterocycles. The van der Waals surface area contributed by atoms with Crippen LogP contribution in [-0.4, -0.2) is 117 Å². The highest BCUT2D eigenvalue weighted by Crippen LogP contribution is 1.97. The van der Waals surface area contributed by atoms with Crippen molar-refractivity contribution in [3.63, 3.8) is 0 Å². The van der Waals surface area contributed by atoms with E-state index in [2.05, 4.69) is 36.5 Å². The van der Waals surface area contributed by atoms with Gasteiger partial charge in [0.25, 0.3) is 0 Å². The Kier molecular flexibility index (Phi) is 48.2. The van der Waals surface area contributed by atoms with Crippen molar-refractivity contribution in [2.24, 2.45) is 0 Å². The van der Waals surface area contributed by atoms with Gasteiger partial charge in [0.15, 0.2) is 0 Å². The third-order valence-corrected chi connectivity index (χ3v) is 4.40. The van der Waals surface area contributed by atoms with Crippen LogP contribution in [-0.2, 0) is 52.4 Å². The molecule has 0 radical (unpaired) electrons. The summed E-state index contributed by atoms with van der Waals surface area (Å²) in [5, 5.41) is 15.3. The second-order valence-electron chi connectivity index (χ2n) is 9.01. The largest absolute Gasteiger partial charge is 0.550 e. The molecule has 258 valence electrons. The van der Waals surface area contributed by atoms with Crippen LogP contribution < -0.4 is 15.7 Å². The van der Waals surface area contributed by atoms with Crippen molar-refractivity contribution in [1.29, 1.82) is 0 Å². The molecule has 0 unspecified atom stereocenters. The zero-order valence-corrected chi connectivity index (χ0v) is 28.3. The van der Waals surface area contributed by atoms with Crippen molar-refractivity contribution in [3.05, 3.63) is 0 Å². The maximum absolute atomic E-state index is 11.1. The molecule has 0 aromatic rings. The van der Waals surface area contributed by atoms with Crippen LogP contribution in [0.3, 0.4) is 0 Å². The molecule has 43 heavy (non-hydrogen) atoms. The summed E-state index contributed by atoms with van der Waals surface area (Å²) in [7, 11) is 9.09. The summed E-state index contributed by atoms with van der Waals surface area (Å²) in [5.41, 5.74) is 0. The minimum Gasteiger partial charge on any atom is -0.550 e. The van der Waals surface area contributed by atoms with E-state index in [0.29, 0.717) is 25.2 Å². The Morgan fingerprint density at radius 2 is 1.02 bits per heavy atom. The summed E-state index contributed by atoms with van der Waals surface area (Å²) in [4.78, 5) is 52.8. The number of ketones is 1. The van der Waals surface area contributed by atoms with E-state index in [4.69, 9.17) is 9.47 Å². The van der Waals surface area contributed by atoms with Crippen molar-refractivity contribution < 1.29 is 57.5 Å². The highest BCUT2D eigenvalue weighted by Gasteiger charge is 2.03. The molecule has 0 rings (SSSR count). The maximum Gasteiger partial charge on any atom is 0.331 e. The topological polar surface area (TPSA) is 188 Å². The molecule has 0 aromatic heterocycles. The molecule has 0 bridgehead atoms. The zero-order chi connectivity index (χ0) is 34.5. The average molecular weight is 628 g/mol. The van der Waals surface area contributed by atoms with Crippen LogP contribution >= 0.6 is 0 Å². The molecule has 0 aliphatic carbocycles. The van der Waals surface area contributed by atoms with Crippen molar-refractivity contribution in [2.75, 3.05) is 75.6 Å². The van der Waals surface area contributed by atoms with Gasteiger partial charge in [-0.2, -0.15) is 0 Å². The number of ether oxygens (including phenoxy) is 6. The monoisotopic (exact) mass is 627 g/mol. The molecule has 2 amide bonds. The maximum atomic E-state index is 11.1. The first-order chi connectivity index (χ1) is 20.2. The van der Waals surface area contributed by atoms with Gasteiger partial charge in [0.05, 0.1) is 19.3 Å². The molecule has 0 saturated carbocycles. The number of carbonyl (C=O) groups is 5. The van der Waals surface area contributed by atoms with Gasteiger partial charge in [-0.05, 0) is 47.0 Å². The number of rotatable bonds is 18. The van der Waals surface area contributed by atoms with Gasteiger partial charge in [-0.25, -0.2) is 4.79 Å².